The van der Waals surface area contributed by atoms with Crippen molar-refractivity contribution in [3.63, 3.8) is 0 Å². The van der Waals surface area contributed by atoms with Gasteiger partial charge in [0.05, 0.1) is 0 Å². The molecule has 0 aromatic rings. The summed E-state index contributed by atoms with van der Waals surface area (Å²) < 4.78 is 15.9. The summed E-state index contributed by atoms with van der Waals surface area (Å²) in [7, 11) is 0. The Morgan fingerprint density at radius 2 is 1.75 bits per heavy atom. The van der Waals surface area contributed by atoms with Crippen LogP contribution < -0.4 is 0 Å². The first kappa shape index (κ1) is 8.87. The molecule has 4 heavy (non-hydrogen) atoms. The second kappa shape index (κ2) is 9.07. The van der Waals surface area contributed by atoms with E-state index in [1.54, 1.807) is 0 Å². The molecule has 4 heteroatoms. The van der Waals surface area contributed by atoms with E-state index in [1.807, 2.05) is 0 Å². The van der Waals surface area contributed by atoms with E-state index in [0.29, 0.717) is 0 Å². The molecule has 2 nitrogen and oxygen atoms in total. The molecule has 0 aliphatic carbocycles. The van der Waals surface area contributed by atoms with Crippen LogP contribution in [-0.2, 0) is 21.0 Å². The molecular weight excluding hydrogens is 124 g/mol. The van der Waals surface area contributed by atoms with Gasteiger partial charge in [0.15, 0.2) is 17.4 Å². The van der Waals surface area contributed by atoms with Gasteiger partial charge >= 0.3 is 24.9 Å². The Morgan fingerprint density at radius 1 is 1.75 bits per heavy atom. The molecule has 0 atom stereocenters. The fourth-order valence-electron chi connectivity index (χ4n) is 0. The minimum absolute atomic E-state index is 0. The summed E-state index contributed by atoms with van der Waals surface area (Å²) in [5.41, 5.74) is 0. The van der Waals surface area contributed by atoms with Crippen LogP contribution in [-0.4, -0.2) is 21.3 Å². The third-order valence-electron chi connectivity index (χ3n) is 0. The van der Waals surface area contributed by atoms with Crippen LogP contribution in [0, 0.1) is 0 Å². The van der Waals surface area contributed by atoms with Gasteiger partial charge in [0.1, 0.15) is 0 Å². The Hall–Kier alpha value is 0.916. The standard InChI is InChI=1S/Al.H2O.O.Zn.3H/h;1H2;;;;;/q;;;+1;;;/p-1. The van der Waals surface area contributed by atoms with Gasteiger partial charge in [-0.15, -0.1) is 0 Å². The molecule has 0 saturated heterocycles. The van der Waals surface area contributed by atoms with Crippen LogP contribution in [0.15, 0.2) is 0 Å². The van der Waals surface area contributed by atoms with Gasteiger partial charge in [-0.05, 0) is 0 Å². The Morgan fingerprint density at radius 3 is 1.75 bits per heavy atom. The second-order valence-corrected chi connectivity index (χ2v) is 0.671. The van der Waals surface area contributed by atoms with Gasteiger partial charge in [-0.1, -0.05) is 0 Å². The molecule has 0 rings (SSSR count). The average molecular weight is 128 g/mol. The van der Waals surface area contributed by atoms with Crippen molar-refractivity contribution in [3.8, 4) is 0 Å². The van der Waals surface area contributed by atoms with Crippen molar-refractivity contribution < 1.29 is 24.9 Å². The molecule has 1 N–H and O–H groups in total. The molecular formula is H4AlO2Zn. The quantitative estimate of drug-likeness (QED) is 0.389. The zero-order valence-electron chi connectivity index (χ0n) is 1.56. The van der Waals surface area contributed by atoms with Crippen molar-refractivity contribution in [2.75, 3.05) is 0 Å². The molecule has 0 aromatic heterocycles. The van der Waals surface area contributed by atoms with Gasteiger partial charge in [0.2, 0.25) is 0 Å². The Balaban J connectivity index is 0. The fourth-order valence-corrected chi connectivity index (χ4v) is 0. The molecule has 21 valence electrons. The van der Waals surface area contributed by atoms with Crippen molar-refractivity contribution in [1.29, 1.82) is 0 Å². The predicted molar refractivity (Wildman–Crippen MR) is 12.8 cm³/mol. The van der Waals surface area contributed by atoms with Gasteiger partial charge in [-0.25, -0.2) is 0 Å². The maximum absolute atomic E-state index is 8.67. The number of hydrogen-bond acceptors (Lipinski definition) is 1. The van der Waals surface area contributed by atoms with Crippen LogP contribution in [0.25, 0.3) is 0 Å². The summed E-state index contributed by atoms with van der Waals surface area (Å²) in [4.78, 5) is 0. The fraction of sp³-hybridized carbons (Fsp3) is 0. The molecule has 0 spiro atoms. The van der Waals surface area contributed by atoms with Crippen LogP contribution in [0.3, 0.4) is 0 Å². The number of rotatable bonds is 0. The van der Waals surface area contributed by atoms with Gasteiger partial charge in [0.25, 0.3) is 0 Å². The van der Waals surface area contributed by atoms with E-state index in [0.717, 1.165) is 0 Å². The van der Waals surface area contributed by atoms with E-state index >= 15 is 0 Å². The third-order valence-corrected chi connectivity index (χ3v) is 0. The van der Waals surface area contributed by atoms with Crippen LogP contribution >= 0.6 is 0 Å². The first-order valence-electron chi connectivity index (χ1n) is 0.605. The molecule has 0 bridgehead atoms. The number of hydrogen-bond donors (Lipinski definition) is 1. The second-order valence-electron chi connectivity index (χ2n) is 0.129. The SMILES string of the molecule is [AlH3].[O]=[Zn][OH]. The molecule has 0 aromatic carbocycles. The van der Waals surface area contributed by atoms with Crippen molar-refractivity contribution in [2.45, 2.75) is 0 Å². The molecule has 0 radical (unpaired) electrons. The first-order chi connectivity index (χ1) is 1.41. The van der Waals surface area contributed by atoms with Crippen molar-refractivity contribution in [1.82, 2.24) is 0 Å². The van der Waals surface area contributed by atoms with Gasteiger partial charge in [-0.3, -0.25) is 0 Å². The maximum atomic E-state index is 8.67. The average Bonchev–Trinajstić information content (AvgIpc) is 0.918. The molecule has 0 heterocycles. The summed E-state index contributed by atoms with van der Waals surface area (Å²) in [6, 6.07) is 0. The minimum atomic E-state index is -2.12. The molecule has 0 aliphatic heterocycles. The zero-order chi connectivity index (χ0) is 2.71. The molecule has 0 amide bonds. The molecule has 0 fully saturated rings. The van der Waals surface area contributed by atoms with Crippen LogP contribution in [0.1, 0.15) is 0 Å². The summed E-state index contributed by atoms with van der Waals surface area (Å²) >= 11 is -2.12. The topological polar surface area (TPSA) is 37.3 Å². The Labute approximate surface area is 42.6 Å². The van der Waals surface area contributed by atoms with E-state index < -0.39 is 17.4 Å². The van der Waals surface area contributed by atoms with E-state index in [-0.39, 0.29) is 17.4 Å². The van der Waals surface area contributed by atoms with E-state index in [9.17, 15) is 0 Å². The van der Waals surface area contributed by atoms with E-state index in [4.69, 9.17) is 7.51 Å². The van der Waals surface area contributed by atoms with Gasteiger partial charge in [0, 0.05) is 0 Å². The Bertz CT molecular complexity index is 13.5. The Kier molecular flexibility index (Phi) is 20.1. The van der Waals surface area contributed by atoms with E-state index in [2.05, 4.69) is 0 Å². The summed E-state index contributed by atoms with van der Waals surface area (Å²) in [6.07, 6.45) is 0. The molecule has 0 unspecified atom stereocenters. The molecule has 0 aliphatic rings. The summed E-state index contributed by atoms with van der Waals surface area (Å²) in [5.74, 6) is 0. The predicted octanol–water partition coefficient (Wildman–Crippen LogP) is -1.86. The van der Waals surface area contributed by atoms with E-state index in [1.165, 1.54) is 0 Å². The van der Waals surface area contributed by atoms with Crippen molar-refractivity contribution >= 4 is 17.4 Å². The van der Waals surface area contributed by atoms with Crippen LogP contribution in [0.4, 0.5) is 0 Å². The summed E-state index contributed by atoms with van der Waals surface area (Å²) in [5, 5.41) is 0. The van der Waals surface area contributed by atoms with Crippen LogP contribution in [0.5, 0.6) is 0 Å². The molecule has 0 saturated carbocycles. The van der Waals surface area contributed by atoms with Gasteiger partial charge in [-0.2, -0.15) is 0 Å². The zero-order valence-corrected chi connectivity index (χ0v) is 4.53. The van der Waals surface area contributed by atoms with Crippen molar-refractivity contribution in [2.24, 2.45) is 0 Å². The normalized spacial score (nSPS) is 2.25. The monoisotopic (exact) mass is 127 g/mol. The van der Waals surface area contributed by atoms with Crippen LogP contribution in [0.2, 0.25) is 0 Å². The third kappa shape index (κ3) is 12.8. The first-order valence-corrected chi connectivity index (χ1v) is 3.14. The van der Waals surface area contributed by atoms with Crippen molar-refractivity contribution in [3.05, 3.63) is 0 Å². The van der Waals surface area contributed by atoms with Gasteiger partial charge < -0.3 is 0 Å². The summed E-state index contributed by atoms with van der Waals surface area (Å²) in [6.45, 7) is 0.